The minimum absolute atomic E-state index is 0.0214. The zero-order valence-corrected chi connectivity index (χ0v) is 10.2. The molecule has 0 spiro atoms. The molecule has 6 nitrogen and oxygen atoms in total. The van der Waals surface area contributed by atoms with Gasteiger partial charge in [0.15, 0.2) is 0 Å². The molecule has 94 valence electrons. The van der Waals surface area contributed by atoms with Crippen molar-refractivity contribution in [1.29, 1.82) is 0 Å². The monoisotopic (exact) mass is 266 g/mol. The predicted molar refractivity (Wildman–Crippen MR) is 67.3 cm³/mol. The van der Waals surface area contributed by atoms with E-state index in [1.807, 2.05) is 6.20 Å². The van der Waals surface area contributed by atoms with Crippen molar-refractivity contribution in [1.82, 2.24) is 9.78 Å². The summed E-state index contributed by atoms with van der Waals surface area (Å²) in [4.78, 5) is 10.1. The summed E-state index contributed by atoms with van der Waals surface area (Å²) < 4.78 is 1.69. The molecule has 7 heteroatoms. The maximum atomic E-state index is 10.6. The molecule has 1 heterocycles. The van der Waals surface area contributed by atoms with Crippen LogP contribution >= 0.6 is 11.6 Å². The van der Waals surface area contributed by atoms with Crippen molar-refractivity contribution < 1.29 is 4.92 Å². The van der Waals surface area contributed by atoms with Gasteiger partial charge < -0.3 is 5.73 Å². The van der Waals surface area contributed by atoms with Gasteiger partial charge in [0.1, 0.15) is 0 Å². The molecule has 0 saturated heterocycles. The highest BCUT2D eigenvalue weighted by Crippen LogP contribution is 2.23. The first-order chi connectivity index (χ1) is 8.60. The molecule has 2 rings (SSSR count). The van der Waals surface area contributed by atoms with Crippen LogP contribution in [0.25, 0.3) is 0 Å². The van der Waals surface area contributed by atoms with E-state index in [0.29, 0.717) is 18.1 Å². The van der Waals surface area contributed by atoms with Crippen LogP contribution in [0.5, 0.6) is 0 Å². The lowest BCUT2D eigenvalue weighted by Crippen LogP contribution is -2.01. The molecule has 2 N–H and O–H groups in total. The lowest BCUT2D eigenvalue weighted by Gasteiger charge is -2.04. The van der Waals surface area contributed by atoms with Crippen LogP contribution in [0.1, 0.15) is 11.1 Å². The number of aromatic nitrogens is 2. The number of rotatable bonds is 4. The predicted octanol–water partition coefficient (Wildman–Crippen LogP) is 1.95. The van der Waals surface area contributed by atoms with E-state index >= 15 is 0 Å². The highest BCUT2D eigenvalue weighted by Gasteiger charge is 2.10. The van der Waals surface area contributed by atoms with E-state index in [0.717, 1.165) is 11.1 Å². The highest BCUT2D eigenvalue weighted by molar-refractivity contribution is 6.31. The van der Waals surface area contributed by atoms with Crippen molar-refractivity contribution in [3.8, 4) is 0 Å². The quantitative estimate of drug-likeness (QED) is 0.677. The molecule has 0 unspecified atom stereocenters. The van der Waals surface area contributed by atoms with E-state index in [4.69, 9.17) is 17.3 Å². The molecular weight excluding hydrogens is 256 g/mol. The van der Waals surface area contributed by atoms with Gasteiger partial charge in [-0.15, -0.1) is 0 Å². The summed E-state index contributed by atoms with van der Waals surface area (Å²) in [5, 5.41) is 15.1. The molecule has 0 atom stereocenters. The Bertz CT molecular complexity index is 582. The fourth-order valence-electron chi connectivity index (χ4n) is 1.55. The van der Waals surface area contributed by atoms with Crippen molar-refractivity contribution in [3.05, 3.63) is 56.9 Å². The first-order valence-electron chi connectivity index (χ1n) is 5.24. The van der Waals surface area contributed by atoms with E-state index in [1.165, 1.54) is 12.1 Å². The first-order valence-corrected chi connectivity index (χ1v) is 5.62. The maximum absolute atomic E-state index is 10.6. The van der Waals surface area contributed by atoms with Crippen molar-refractivity contribution in [2.45, 2.75) is 13.1 Å². The third-order valence-corrected chi connectivity index (χ3v) is 2.85. The van der Waals surface area contributed by atoms with Crippen LogP contribution in [0.4, 0.5) is 5.69 Å². The van der Waals surface area contributed by atoms with Crippen LogP contribution in [-0.4, -0.2) is 14.7 Å². The fourth-order valence-corrected chi connectivity index (χ4v) is 1.79. The Kier molecular flexibility index (Phi) is 3.59. The van der Waals surface area contributed by atoms with Gasteiger partial charge in [-0.3, -0.25) is 14.8 Å². The Morgan fingerprint density at radius 2 is 2.28 bits per heavy atom. The van der Waals surface area contributed by atoms with Gasteiger partial charge in [0.2, 0.25) is 0 Å². The second kappa shape index (κ2) is 5.16. The number of benzene rings is 1. The number of nitro benzene ring substituents is 1. The SMILES string of the molecule is NCc1cnn(Cc2ccc([N+](=O)[O-])cc2Cl)c1. The van der Waals surface area contributed by atoms with Gasteiger partial charge >= 0.3 is 0 Å². The summed E-state index contributed by atoms with van der Waals surface area (Å²) >= 11 is 5.99. The summed E-state index contributed by atoms with van der Waals surface area (Å²) in [5.74, 6) is 0. The Morgan fingerprint density at radius 1 is 1.50 bits per heavy atom. The molecule has 0 amide bonds. The molecule has 0 bridgehead atoms. The van der Waals surface area contributed by atoms with Crippen LogP contribution in [-0.2, 0) is 13.1 Å². The normalized spacial score (nSPS) is 10.6. The molecule has 0 fully saturated rings. The molecule has 0 aliphatic heterocycles. The zero-order valence-electron chi connectivity index (χ0n) is 9.41. The zero-order chi connectivity index (χ0) is 13.1. The lowest BCUT2D eigenvalue weighted by molar-refractivity contribution is -0.384. The molecule has 0 aliphatic carbocycles. The smallest absolute Gasteiger partial charge is 0.270 e. The summed E-state index contributed by atoms with van der Waals surface area (Å²) in [7, 11) is 0. The van der Waals surface area contributed by atoms with Gasteiger partial charge in [0, 0.05) is 30.4 Å². The fraction of sp³-hybridized carbons (Fsp3) is 0.182. The molecule has 2 aromatic rings. The number of nitro groups is 1. The summed E-state index contributed by atoms with van der Waals surface area (Å²) in [6, 6.07) is 4.39. The van der Waals surface area contributed by atoms with Crippen molar-refractivity contribution in [2.24, 2.45) is 5.73 Å². The molecule has 0 radical (unpaired) electrons. The summed E-state index contributed by atoms with van der Waals surface area (Å²) in [5.41, 5.74) is 7.16. The number of halogens is 1. The van der Waals surface area contributed by atoms with Crippen molar-refractivity contribution in [3.63, 3.8) is 0 Å². The van der Waals surface area contributed by atoms with E-state index in [1.54, 1.807) is 16.9 Å². The van der Waals surface area contributed by atoms with E-state index in [-0.39, 0.29) is 5.69 Å². The number of hydrogen-bond donors (Lipinski definition) is 1. The van der Waals surface area contributed by atoms with Crippen LogP contribution in [0.15, 0.2) is 30.6 Å². The molecule has 18 heavy (non-hydrogen) atoms. The third kappa shape index (κ3) is 2.66. The first kappa shape index (κ1) is 12.5. The van der Waals surface area contributed by atoms with Gasteiger partial charge in [-0.25, -0.2) is 0 Å². The standard InChI is InChI=1S/C11H11ClN4O2/c12-11-3-10(16(17)18)2-1-9(11)7-15-6-8(4-13)5-14-15/h1-3,5-6H,4,7,13H2. The minimum atomic E-state index is -0.476. The maximum Gasteiger partial charge on any atom is 0.270 e. The topological polar surface area (TPSA) is 87.0 Å². The van der Waals surface area contributed by atoms with Crippen molar-refractivity contribution in [2.75, 3.05) is 0 Å². The highest BCUT2D eigenvalue weighted by atomic mass is 35.5. The van der Waals surface area contributed by atoms with Gasteiger partial charge in [0.25, 0.3) is 5.69 Å². The van der Waals surface area contributed by atoms with E-state index < -0.39 is 4.92 Å². The van der Waals surface area contributed by atoms with Gasteiger partial charge in [0.05, 0.1) is 22.7 Å². The number of non-ortho nitro benzene ring substituents is 1. The number of nitrogens with two attached hydrogens (primary N) is 1. The molecule has 1 aromatic carbocycles. The molecular formula is C11H11ClN4O2. The Labute approximate surface area is 108 Å². The number of hydrogen-bond acceptors (Lipinski definition) is 4. The minimum Gasteiger partial charge on any atom is -0.326 e. The van der Waals surface area contributed by atoms with Crippen LogP contribution < -0.4 is 5.73 Å². The summed E-state index contributed by atoms with van der Waals surface area (Å²) in [6.45, 7) is 0.880. The van der Waals surface area contributed by atoms with Gasteiger partial charge in [-0.2, -0.15) is 5.10 Å². The Hall–Kier alpha value is -1.92. The summed E-state index contributed by atoms with van der Waals surface area (Å²) in [6.07, 6.45) is 3.50. The second-order valence-electron chi connectivity index (χ2n) is 3.78. The Morgan fingerprint density at radius 3 is 2.83 bits per heavy atom. The van der Waals surface area contributed by atoms with E-state index in [2.05, 4.69) is 5.10 Å². The van der Waals surface area contributed by atoms with E-state index in [9.17, 15) is 10.1 Å². The van der Waals surface area contributed by atoms with Crippen LogP contribution in [0, 0.1) is 10.1 Å². The van der Waals surface area contributed by atoms with Crippen molar-refractivity contribution >= 4 is 17.3 Å². The third-order valence-electron chi connectivity index (χ3n) is 2.50. The number of nitrogens with zero attached hydrogens (tertiary/aromatic N) is 3. The molecule has 0 saturated carbocycles. The van der Waals surface area contributed by atoms with Gasteiger partial charge in [-0.1, -0.05) is 11.6 Å². The largest absolute Gasteiger partial charge is 0.326 e. The average Bonchev–Trinajstić information content (AvgIpc) is 2.79. The molecule has 0 aliphatic rings. The van der Waals surface area contributed by atoms with Gasteiger partial charge in [-0.05, 0) is 11.6 Å². The second-order valence-corrected chi connectivity index (χ2v) is 4.19. The van der Waals surface area contributed by atoms with Crippen LogP contribution in [0.3, 0.4) is 0 Å². The average molecular weight is 267 g/mol. The lowest BCUT2D eigenvalue weighted by atomic mass is 10.2. The van der Waals surface area contributed by atoms with Crippen LogP contribution in [0.2, 0.25) is 5.02 Å². The molecule has 1 aromatic heterocycles. The Balaban J connectivity index is 2.21.